The zero-order valence-corrected chi connectivity index (χ0v) is 19.0. The molecule has 176 valence electrons. The molecule has 0 aliphatic heterocycles. The van der Waals surface area contributed by atoms with Crippen molar-refractivity contribution in [3.05, 3.63) is 91.5 Å². The van der Waals surface area contributed by atoms with Crippen molar-refractivity contribution < 1.29 is 18.3 Å². The Bertz CT molecular complexity index is 1400. The van der Waals surface area contributed by atoms with Crippen LogP contribution in [0.5, 0.6) is 0 Å². The van der Waals surface area contributed by atoms with E-state index in [0.29, 0.717) is 16.3 Å². The van der Waals surface area contributed by atoms with Crippen molar-refractivity contribution in [3.63, 3.8) is 0 Å². The van der Waals surface area contributed by atoms with Crippen molar-refractivity contribution in [1.82, 2.24) is 0 Å². The first-order chi connectivity index (χ1) is 16.1. The maximum Gasteiger partial charge on any atom is 0.295 e. The number of hydrogen-bond donors (Lipinski definition) is 3. The second kappa shape index (κ2) is 10.1. The molecule has 0 aromatic heterocycles. The molecule has 0 radical (unpaired) electrons. The van der Waals surface area contributed by atoms with Crippen LogP contribution < -0.4 is 15.5 Å². The van der Waals surface area contributed by atoms with Gasteiger partial charge in [-0.2, -0.15) is 5.10 Å². The van der Waals surface area contributed by atoms with Crippen molar-refractivity contribution >= 4 is 56.3 Å². The van der Waals surface area contributed by atoms with E-state index in [2.05, 4.69) is 20.6 Å². The van der Waals surface area contributed by atoms with Gasteiger partial charge in [-0.15, -0.1) is 0 Å². The van der Waals surface area contributed by atoms with Crippen molar-refractivity contribution in [3.8, 4) is 0 Å². The van der Waals surface area contributed by atoms with E-state index in [0.717, 1.165) is 6.07 Å². The fourth-order valence-corrected chi connectivity index (χ4v) is 4.12. The summed E-state index contributed by atoms with van der Waals surface area (Å²) in [4.78, 5) is 21.0. The Morgan fingerprint density at radius 1 is 0.941 bits per heavy atom. The fraction of sp³-hybridized carbons (Fsp3) is 0.0500. The highest BCUT2D eigenvalue weighted by Gasteiger charge is 2.22. The number of nitro groups is 2. The Kier molecular flexibility index (Phi) is 7.28. The molecule has 34 heavy (non-hydrogen) atoms. The summed E-state index contributed by atoms with van der Waals surface area (Å²) in [6.07, 6.45) is 1.24. The molecule has 12 nitrogen and oxygen atoms in total. The molecule has 3 rings (SSSR count). The monoisotopic (exact) mass is 504 g/mol. The lowest BCUT2D eigenvalue weighted by molar-refractivity contribution is -0.384. The number of hydrogen-bond acceptors (Lipinski definition) is 9. The van der Waals surface area contributed by atoms with Gasteiger partial charge in [-0.05, 0) is 36.4 Å². The van der Waals surface area contributed by atoms with Gasteiger partial charge in [0.25, 0.3) is 21.4 Å². The predicted octanol–water partition coefficient (Wildman–Crippen LogP) is 4.44. The third-order valence-corrected chi connectivity index (χ3v) is 6.05. The first-order valence-electron chi connectivity index (χ1n) is 9.43. The van der Waals surface area contributed by atoms with E-state index in [-0.39, 0.29) is 22.0 Å². The summed E-state index contributed by atoms with van der Waals surface area (Å²) in [6.45, 7) is 0. The molecule has 3 N–H and O–H groups in total. The lowest BCUT2D eigenvalue weighted by Crippen LogP contribution is -2.13. The third-order valence-electron chi connectivity index (χ3n) is 4.44. The maximum absolute atomic E-state index is 12.7. The second-order valence-electron chi connectivity index (χ2n) is 6.71. The van der Waals surface area contributed by atoms with Gasteiger partial charge in [-0.25, -0.2) is 8.42 Å². The van der Waals surface area contributed by atoms with E-state index in [9.17, 15) is 28.6 Å². The van der Waals surface area contributed by atoms with Crippen molar-refractivity contribution in [1.29, 1.82) is 0 Å². The van der Waals surface area contributed by atoms with Gasteiger partial charge in [0.05, 0.1) is 26.6 Å². The highest BCUT2D eigenvalue weighted by Crippen LogP contribution is 2.29. The average molecular weight is 505 g/mol. The molecule has 3 aromatic rings. The highest BCUT2D eigenvalue weighted by molar-refractivity contribution is 7.92. The summed E-state index contributed by atoms with van der Waals surface area (Å²) in [6, 6.07) is 13.6. The SMILES string of the molecule is CNc1ccc(C=NNc2ccc(S(=O)(=O)Nc3cccc(Cl)c3)cc2[N+](=O)[O-])cc1[N+](=O)[O-]. The molecule has 0 aliphatic carbocycles. The first-order valence-corrected chi connectivity index (χ1v) is 11.3. The van der Waals surface area contributed by atoms with Gasteiger partial charge in [-0.3, -0.25) is 30.4 Å². The first kappa shape index (κ1) is 24.4. The summed E-state index contributed by atoms with van der Waals surface area (Å²) >= 11 is 5.86. The number of anilines is 3. The van der Waals surface area contributed by atoms with Gasteiger partial charge in [-0.1, -0.05) is 23.7 Å². The molecule has 0 bridgehead atoms. The molecule has 3 aromatic carbocycles. The van der Waals surface area contributed by atoms with E-state index in [1.54, 1.807) is 25.2 Å². The zero-order valence-electron chi connectivity index (χ0n) is 17.4. The minimum Gasteiger partial charge on any atom is -0.383 e. The lowest BCUT2D eigenvalue weighted by Gasteiger charge is -2.09. The van der Waals surface area contributed by atoms with E-state index >= 15 is 0 Å². The maximum atomic E-state index is 12.7. The number of benzene rings is 3. The van der Waals surface area contributed by atoms with Crippen LogP contribution in [0.25, 0.3) is 0 Å². The lowest BCUT2D eigenvalue weighted by atomic mass is 10.2. The Morgan fingerprint density at radius 2 is 1.62 bits per heavy atom. The van der Waals surface area contributed by atoms with Crippen LogP contribution in [0, 0.1) is 20.2 Å². The van der Waals surface area contributed by atoms with Crippen LogP contribution in [-0.2, 0) is 10.0 Å². The Morgan fingerprint density at radius 3 is 2.26 bits per heavy atom. The third kappa shape index (κ3) is 5.76. The number of nitro benzene ring substituents is 2. The van der Waals surface area contributed by atoms with E-state index in [4.69, 9.17) is 11.6 Å². The Balaban J connectivity index is 1.84. The van der Waals surface area contributed by atoms with Crippen LogP contribution in [0.15, 0.2) is 70.7 Å². The molecule has 0 aliphatic rings. The molecule has 0 fully saturated rings. The quantitative estimate of drug-likeness (QED) is 0.218. The number of halogens is 1. The molecule has 0 spiro atoms. The normalized spacial score (nSPS) is 11.2. The van der Waals surface area contributed by atoms with E-state index in [1.165, 1.54) is 42.6 Å². The summed E-state index contributed by atoms with van der Waals surface area (Å²) in [5.41, 5.74) is 2.55. The summed E-state index contributed by atoms with van der Waals surface area (Å²) in [5, 5.41) is 29.6. The molecular weight excluding hydrogens is 488 g/mol. The summed E-state index contributed by atoms with van der Waals surface area (Å²) in [7, 11) is -2.59. The van der Waals surface area contributed by atoms with Crippen LogP contribution >= 0.6 is 11.6 Å². The van der Waals surface area contributed by atoms with E-state index < -0.39 is 25.6 Å². The predicted molar refractivity (Wildman–Crippen MR) is 129 cm³/mol. The smallest absolute Gasteiger partial charge is 0.295 e. The second-order valence-corrected chi connectivity index (χ2v) is 8.82. The fourth-order valence-electron chi connectivity index (χ4n) is 2.86. The Labute approximate surface area is 198 Å². The number of sulfonamides is 1. The van der Waals surface area contributed by atoms with Crippen molar-refractivity contribution in [2.75, 3.05) is 22.5 Å². The van der Waals surface area contributed by atoms with Crippen molar-refractivity contribution in [2.24, 2.45) is 5.10 Å². The molecule has 0 unspecified atom stereocenters. The molecule has 0 heterocycles. The molecule has 0 amide bonds. The van der Waals surface area contributed by atoms with Gasteiger partial charge in [0.1, 0.15) is 11.4 Å². The molecule has 0 saturated heterocycles. The van der Waals surface area contributed by atoms with Gasteiger partial charge in [0, 0.05) is 29.8 Å². The zero-order chi connectivity index (χ0) is 24.9. The van der Waals surface area contributed by atoms with Gasteiger partial charge >= 0.3 is 0 Å². The van der Waals surface area contributed by atoms with Gasteiger partial charge < -0.3 is 5.32 Å². The summed E-state index contributed by atoms with van der Waals surface area (Å²) in [5.74, 6) is 0. The van der Waals surface area contributed by atoms with Crippen LogP contribution in [0.3, 0.4) is 0 Å². The number of rotatable bonds is 9. The van der Waals surface area contributed by atoms with Gasteiger partial charge in [0.2, 0.25) is 0 Å². The van der Waals surface area contributed by atoms with Crippen LogP contribution in [-0.4, -0.2) is 31.5 Å². The highest BCUT2D eigenvalue weighted by atomic mass is 35.5. The molecular formula is C20H17ClN6O6S. The van der Waals surface area contributed by atoms with Crippen LogP contribution in [0.4, 0.5) is 28.4 Å². The van der Waals surface area contributed by atoms with Crippen molar-refractivity contribution in [2.45, 2.75) is 4.90 Å². The number of nitrogens with zero attached hydrogens (tertiary/aromatic N) is 3. The minimum absolute atomic E-state index is 0.0794. The molecule has 0 atom stereocenters. The molecule has 0 saturated carbocycles. The van der Waals surface area contributed by atoms with Gasteiger partial charge in [0.15, 0.2) is 0 Å². The molecule has 14 heteroatoms. The minimum atomic E-state index is -4.13. The Hall–Kier alpha value is -4.23. The van der Waals surface area contributed by atoms with E-state index in [1.807, 2.05) is 0 Å². The topological polar surface area (TPSA) is 169 Å². The average Bonchev–Trinajstić information content (AvgIpc) is 2.78. The largest absolute Gasteiger partial charge is 0.383 e. The van der Waals surface area contributed by atoms with Crippen LogP contribution in [0.1, 0.15) is 5.56 Å². The standard InChI is InChI=1S/C20H17ClN6O6S/c1-22-17-7-5-13(9-19(17)26(28)29)12-23-24-18-8-6-16(11-20(18)27(30)31)34(32,33)25-15-4-2-3-14(21)10-15/h2-12,22,24-25H,1H3. The van der Waals surface area contributed by atoms with Crippen LogP contribution in [0.2, 0.25) is 5.02 Å². The number of nitrogens with one attached hydrogen (secondary N) is 3. The number of hydrazone groups is 1. The summed E-state index contributed by atoms with van der Waals surface area (Å²) < 4.78 is 27.6.